The van der Waals surface area contributed by atoms with Crippen LogP contribution in [0.5, 0.6) is 0 Å². The van der Waals surface area contributed by atoms with Crippen LogP contribution in [0.4, 0.5) is 4.39 Å². The van der Waals surface area contributed by atoms with Crippen molar-refractivity contribution in [1.82, 2.24) is 5.32 Å². The van der Waals surface area contributed by atoms with Gasteiger partial charge in [0, 0.05) is 18.7 Å². The second-order valence-electron chi connectivity index (χ2n) is 5.01. The van der Waals surface area contributed by atoms with E-state index in [2.05, 4.69) is 24.4 Å². The number of rotatable bonds is 6. The maximum Gasteiger partial charge on any atom is 0.129 e. The fourth-order valence-electron chi connectivity index (χ4n) is 2.19. The SMILES string of the molecule is CC(CNCC(O)c1ccccc1F)c1ccccc1. The van der Waals surface area contributed by atoms with Crippen LogP contribution in [0.25, 0.3) is 0 Å². The van der Waals surface area contributed by atoms with Gasteiger partial charge >= 0.3 is 0 Å². The molecule has 0 aliphatic rings. The minimum absolute atomic E-state index is 0.340. The van der Waals surface area contributed by atoms with Crippen LogP contribution in [-0.4, -0.2) is 18.2 Å². The van der Waals surface area contributed by atoms with Gasteiger partial charge in [-0.2, -0.15) is 0 Å². The molecule has 0 bridgehead atoms. The highest BCUT2D eigenvalue weighted by atomic mass is 19.1. The summed E-state index contributed by atoms with van der Waals surface area (Å²) in [5, 5.41) is 13.2. The molecule has 2 unspecified atom stereocenters. The molecular weight excluding hydrogens is 253 g/mol. The highest BCUT2D eigenvalue weighted by Crippen LogP contribution is 2.17. The Morgan fingerprint density at radius 2 is 1.65 bits per heavy atom. The number of halogens is 1. The molecule has 0 aliphatic heterocycles. The van der Waals surface area contributed by atoms with Crippen LogP contribution in [0.1, 0.15) is 30.1 Å². The molecular formula is C17H20FNO. The van der Waals surface area contributed by atoms with Crippen LogP contribution in [-0.2, 0) is 0 Å². The van der Waals surface area contributed by atoms with E-state index in [0.717, 1.165) is 6.54 Å². The summed E-state index contributed by atoms with van der Waals surface area (Å²) in [6.45, 7) is 3.21. The Kier molecular flexibility index (Phi) is 5.27. The van der Waals surface area contributed by atoms with Crippen LogP contribution in [0.3, 0.4) is 0 Å². The lowest BCUT2D eigenvalue weighted by atomic mass is 10.0. The third-order valence-electron chi connectivity index (χ3n) is 3.42. The van der Waals surface area contributed by atoms with E-state index in [0.29, 0.717) is 18.0 Å². The van der Waals surface area contributed by atoms with Gasteiger partial charge in [0.05, 0.1) is 6.10 Å². The normalized spacial score (nSPS) is 13.9. The Bertz CT molecular complexity index is 530. The summed E-state index contributed by atoms with van der Waals surface area (Å²) in [6.07, 6.45) is -0.820. The van der Waals surface area contributed by atoms with Crippen molar-refractivity contribution < 1.29 is 9.50 Å². The lowest BCUT2D eigenvalue weighted by Crippen LogP contribution is -2.26. The van der Waals surface area contributed by atoms with Crippen molar-refractivity contribution in [3.05, 3.63) is 71.5 Å². The average molecular weight is 273 g/mol. The molecule has 2 rings (SSSR count). The third kappa shape index (κ3) is 3.89. The molecule has 0 spiro atoms. The van der Waals surface area contributed by atoms with Crippen LogP contribution >= 0.6 is 0 Å². The number of hydrogen-bond donors (Lipinski definition) is 2. The van der Waals surface area contributed by atoms with Crippen molar-refractivity contribution in [3.63, 3.8) is 0 Å². The molecule has 0 aliphatic carbocycles. The Balaban J connectivity index is 1.83. The van der Waals surface area contributed by atoms with Gasteiger partial charge in [-0.15, -0.1) is 0 Å². The standard InChI is InChI=1S/C17H20FNO/c1-13(14-7-3-2-4-8-14)11-19-12-17(20)15-9-5-6-10-16(15)18/h2-10,13,17,19-20H,11-12H2,1H3. The predicted octanol–water partition coefficient (Wildman–Crippen LogP) is 3.25. The van der Waals surface area contributed by atoms with E-state index in [1.165, 1.54) is 11.6 Å². The fraction of sp³-hybridized carbons (Fsp3) is 0.294. The minimum Gasteiger partial charge on any atom is -0.387 e. The molecule has 0 fully saturated rings. The van der Waals surface area contributed by atoms with E-state index < -0.39 is 6.10 Å². The maximum atomic E-state index is 13.5. The zero-order valence-electron chi connectivity index (χ0n) is 11.6. The first-order valence-corrected chi connectivity index (χ1v) is 6.86. The molecule has 0 saturated carbocycles. The largest absolute Gasteiger partial charge is 0.387 e. The average Bonchev–Trinajstić information content (AvgIpc) is 2.48. The summed E-state index contributed by atoms with van der Waals surface area (Å²) in [7, 11) is 0. The summed E-state index contributed by atoms with van der Waals surface area (Å²) >= 11 is 0. The Labute approximate surface area is 119 Å². The van der Waals surface area contributed by atoms with Crippen molar-refractivity contribution in [1.29, 1.82) is 0 Å². The first-order valence-electron chi connectivity index (χ1n) is 6.86. The monoisotopic (exact) mass is 273 g/mol. The summed E-state index contributed by atoms with van der Waals surface area (Å²) in [5.74, 6) is -0.0121. The molecule has 20 heavy (non-hydrogen) atoms. The van der Waals surface area contributed by atoms with Gasteiger partial charge in [-0.25, -0.2) is 4.39 Å². The van der Waals surface area contributed by atoms with Gasteiger partial charge in [0.25, 0.3) is 0 Å². The molecule has 2 atom stereocenters. The molecule has 0 heterocycles. The van der Waals surface area contributed by atoms with E-state index in [4.69, 9.17) is 0 Å². The van der Waals surface area contributed by atoms with Gasteiger partial charge in [-0.3, -0.25) is 0 Å². The van der Waals surface area contributed by atoms with Crippen LogP contribution in [0, 0.1) is 5.82 Å². The minimum atomic E-state index is -0.820. The van der Waals surface area contributed by atoms with E-state index >= 15 is 0 Å². The number of hydrogen-bond acceptors (Lipinski definition) is 2. The Hall–Kier alpha value is -1.71. The summed E-state index contributed by atoms with van der Waals surface area (Å²) < 4.78 is 13.5. The van der Waals surface area contributed by atoms with Crippen LogP contribution in [0.2, 0.25) is 0 Å². The molecule has 2 aromatic carbocycles. The van der Waals surface area contributed by atoms with Crippen molar-refractivity contribution >= 4 is 0 Å². The lowest BCUT2D eigenvalue weighted by molar-refractivity contribution is 0.169. The van der Waals surface area contributed by atoms with Gasteiger partial charge in [0.1, 0.15) is 5.82 Å². The van der Waals surface area contributed by atoms with Crippen molar-refractivity contribution in [2.45, 2.75) is 18.9 Å². The zero-order valence-corrected chi connectivity index (χ0v) is 11.6. The zero-order chi connectivity index (χ0) is 14.4. The van der Waals surface area contributed by atoms with Crippen molar-refractivity contribution in [3.8, 4) is 0 Å². The molecule has 0 saturated heterocycles. The number of aliphatic hydroxyl groups is 1. The van der Waals surface area contributed by atoms with Crippen LogP contribution in [0.15, 0.2) is 54.6 Å². The highest BCUT2D eigenvalue weighted by Gasteiger charge is 2.12. The summed E-state index contributed by atoms with van der Waals surface area (Å²) in [6, 6.07) is 16.5. The quantitative estimate of drug-likeness (QED) is 0.846. The number of aliphatic hydroxyl groups excluding tert-OH is 1. The molecule has 0 amide bonds. The molecule has 2 aromatic rings. The van der Waals surface area contributed by atoms with E-state index in [1.54, 1.807) is 18.2 Å². The van der Waals surface area contributed by atoms with E-state index in [1.807, 2.05) is 18.2 Å². The second kappa shape index (κ2) is 7.17. The van der Waals surface area contributed by atoms with Gasteiger partial charge < -0.3 is 10.4 Å². The van der Waals surface area contributed by atoms with Gasteiger partial charge in [-0.05, 0) is 17.5 Å². The fourth-order valence-corrected chi connectivity index (χ4v) is 2.19. The van der Waals surface area contributed by atoms with Gasteiger partial charge in [0.15, 0.2) is 0 Å². The molecule has 2 nitrogen and oxygen atoms in total. The predicted molar refractivity (Wildman–Crippen MR) is 79.1 cm³/mol. The molecule has 3 heteroatoms. The number of benzene rings is 2. The smallest absolute Gasteiger partial charge is 0.129 e. The van der Waals surface area contributed by atoms with E-state index in [-0.39, 0.29) is 5.82 Å². The summed E-state index contributed by atoms with van der Waals surface area (Å²) in [4.78, 5) is 0. The van der Waals surface area contributed by atoms with Crippen molar-refractivity contribution in [2.24, 2.45) is 0 Å². The Morgan fingerprint density at radius 3 is 2.35 bits per heavy atom. The molecule has 2 N–H and O–H groups in total. The van der Waals surface area contributed by atoms with E-state index in [9.17, 15) is 9.50 Å². The lowest BCUT2D eigenvalue weighted by Gasteiger charge is -2.16. The second-order valence-corrected chi connectivity index (χ2v) is 5.01. The van der Waals surface area contributed by atoms with Gasteiger partial charge in [-0.1, -0.05) is 55.5 Å². The molecule has 106 valence electrons. The van der Waals surface area contributed by atoms with Crippen molar-refractivity contribution in [2.75, 3.05) is 13.1 Å². The summed E-state index contributed by atoms with van der Waals surface area (Å²) in [5.41, 5.74) is 1.59. The maximum absolute atomic E-state index is 13.5. The highest BCUT2D eigenvalue weighted by molar-refractivity contribution is 5.21. The molecule has 0 aromatic heterocycles. The van der Waals surface area contributed by atoms with Crippen LogP contribution < -0.4 is 5.32 Å². The van der Waals surface area contributed by atoms with Gasteiger partial charge in [0.2, 0.25) is 0 Å². The Morgan fingerprint density at radius 1 is 1.00 bits per heavy atom. The first kappa shape index (κ1) is 14.7. The third-order valence-corrected chi connectivity index (χ3v) is 3.42. The topological polar surface area (TPSA) is 32.3 Å². The molecule has 0 radical (unpaired) electrons. The first-order chi connectivity index (χ1) is 9.68. The number of nitrogens with one attached hydrogen (secondary N) is 1.